The van der Waals surface area contributed by atoms with E-state index in [1.54, 1.807) is 0 Å². The second kappa shape index (κ2) is 20.2. The Morgan fingerprint density at radius 2 is 1.23 bits per heavy atom. The van der Waals surface area contributed by atoms with Gasteiger partial charge in [0.05, 0.1) is 32.2 Å². The molecule has 228 valence electrons. The van der Waals surface area contributed by atoms with Crippen LogP contribution in [0.15, 0.2) is 0 Å². The number of carbonyl (C=O) groups is 7. The number of carbonyl (C=O) groups excluding carboxylic acids is 2. The molecule has 0 radical (unpaired) electrons. The van der Waals surface area contributed by atoms with Crippen LogP contribution in [0.1, 0.15) is 58.3 Å². The molecule has 2 atom stereocenters. The van der Waals surface area contributed by atoms with Crippen molar-refractivity contribution < 1.29 is 59.1 Å². The third kappa shape index (κ3) is 17.7. The number of amides is 2. The molecule has 0 aliphatic carbocycles. The molecule has 0 saturated carbocycles. The second-order valence-electron chi connectivity index (χ2n) is 9.20. The molecular formula is C24H40N4O12. The first-order valence-corrected chi connectivity index (χ1v) is 12.9. The summed E-state index contributed by atoms with van der Waals surface area (Å²) in [6.07, 6.45) is 2.10. The monoisotopic (exact) mass is 576 g/mol. The maximum atomic E-state index is 13.1. The van der Waals surface area contributed by atoms with Gasteiger partial charge in [-0.3, -0.25) is 38.6 Å². The maximum absolute atomic E-state index is 13.1. The van der Waals surface area contributed by atoms with Crippen LogP contribution in [-0.2, 0) is 33.6 Å². The van der Waals surface area contributed by atoms with Crippen LogP contribution in [0.2, 0.25) is 0 Å². The van der Waals surface area contributed by atoms with Gasteiger partial charge in [0.2, 0.25) is 11.8 Å². The number of carboxylic acid groups (broad SMARTS) is 5. The van der Waals surface area contributed by atoms with Gasteiger partial charge in [-0.05, 0) is 45.1 Å². The Bertz CT molecular complexity index is 850. The van der Waals surface area contributed by atoms with Gasteiger partial charge in [0.1, 0.15) is 6.04 Å². The van der Waals surface area contributed by atoms with Crippen LogP contribution in [0.5, 0.6) is 0 Å². The lowest BCUT2D eigenvalue weighted by Gasteiger charge is -2.29. The molecule has 0 aliphatic rings. The summed E-state index contributed by atoms with van der Waals surface area (Å²) in [6, 6.07) is -2.69. The van der Waals surface area contributed by atoms with Gasteiger partial charge in [0.25, 0.3) is 0 Å². The van der Waals surface area contributed by atoms with Gasteiger partial charge in [0, 0.05) is 13.0 Å². The zero-order valence-corrected chi connectivity index (χ0v) is 22.5. The summed E-state index contributed by atoms with van der Waals surface area (Å²) < 4.78 is 0. The van der Waals surface area contributed by atoms with Crippen LogP contribution in [0, 0.1) is 0 Å². The molecule has 0 heterocycles. The van der Waals surface area contributed by atoms with Crippen molar-refractivity contribution in [2.45, 2.75) is 70.4 Å². The largest absolute Gasteiger partial charge is 0.480 e. The highest BCUT2D eigenvalue weighted by Crippen LogP contribution is 2.12. The molecule has 40 heavy (non-hydrogen) atoms. The molecule has 0 spiro atoms. The molecule has 0 bridgehead atoms. The molecule has 0 unspecified atom stereocenters. The molecule has 0 saturated heterocycles. The van der Waals surface area contributed by atoms with E-state index in [4.69, 9.17) is 10.2 Å². The van der Waals surface area contributed by atoms with E-state index >= 15 is 0 Å². The Labute approximate surface area is 231 Å². The number of rotatable bonds is 24. The summed E-state index contributed by atoms with van der Waals surface area (Å²) in [6.45, 7) is -0.501. The van der Waals surface area contributed by atoms with Crippen molar-refractivity contribution >= 4 is 41.7 Å². The zero-order valence-electron chi connectivity index (χ0n) is 22.5. The highest BCUT2D eigenvalue weighted by atomic mass is 16.4. The predicted molar refractivity (Wildman–Crippen MR) is 138 cm³/mol. The van der Waals surface area contributed by atoms with Crippen LogP contribution in [0.4, 0.5) is 0 Å². The third-order valence-corrected chi connectivity index (χ3v) is 5.67. The van der Waals surface area contributed by atoms with E-state index in [9.17, 15) is 48.9 Å². The Morgan fingerprint density at radius 3 is 1.70 bits per heavy atom. The number of unbranched alkanes of at least 4 members (excludes halogenated alkanes) is 2. The first kappa shape index (κ1) is 36.2. The van der Waals surface area contributed by atoms with E-state index in [1.165, 1.54) is 0 Å². The van der Waals surface area contributed by atoms with E-state index in [2.05, 4.69) is 10.6 Å². The number of nitrogens with one attached hydrogen (secondary N) is 2. The quantitative estimate of drug-likeness (QED) is 0.0690. The average Bonchev–Trinajstić information content (AvgIpc) is 2.81. The lowest BCUT2D eigenvalue weighted by molar-refractivity contribution is -0.147. The minimum absolute atomic E-state index is 0.00857. The molecule has 16 heteroatoms. The van der Waals surface area contributed by atoms with Crippen molar-refractivity contribution in [1.82, 2.24) is 20.4 Å². The van der Waals surface area contributed by atoms with Crippen molar-refractivity contribution in [2.75, 3.05) is 39.3 Å². The Kier molecular flexibility index (Phi) is 18.3. The molecule has 2 amide bonds. The lowest BCUT2D eigenvalue weighted by Crippen LogP contribution is -2.54. The molecule has 0 aliphatic heterocycles. The fraction of sp³-hybridized carbons (Fsp3) is 0.708. The highest BCUT2D eigenvalue weighted by Gasteiger charge is 2.31. The van der Waals surface area contributed by atoms with Crippen molar-refractivity contribution in [3.8, 4) is 0 Å². The zero-order chi connectivity index (χ0) is 30.7. The summed E-state index contributed by atoms with van der Waals surface area (Å²) in [4.78, 5) is 83.1. The summed E-state index contributed by atoms with van der Waals surface area (Å²) in [5.74, 6) is -7.66. The summed E-state index contributed by atoms with van der Waals surface area (Å²) in [5, 5.41) is 51.0. The van der Waals surface area contributed by atoms with Crippen LogP contribution < -0.4 is 10.6 Å². The molecule has 0 aromatic rings. The Balaban J connectivity index is 5.39. The fourth-order valence-electron chi connectivity index (χ4n) is 3.91. The number of hydrogen-bond donors (Lipinski definition) is 7. The topological polar surface area (TPSA) is 251 Å². The Hall–Kier alpha value is -3.79. The van der Waals surface area contributed by atoms with E-state index in [1.807, 2.05) is 6.92 Å². The Morgan fingerprint density at radius 1 is 0.700 bits per heavy atom. The summed E-state index contributed by atoms with van der Waals surface area (Å²) >= 11 is 0. The lowest BCUT2D eigenvalue weighted by atomic mass is 10.0. The minimum Gasteiger partial charge on any atom is -0.480 e. The van der Waals surface area contributed by atoms with Crippen LogP contribution in [0.3, 0.4) is 0 Å². The van der Waals surface area contributed by atoms with Crippen molar-refractivity contribution in [3.63, 3.8) is 0 Å². The number of hydrogen-bond acceptors (Lipinski definition) is 9. The number of nitrogens with zero attached hydrogens (tertiary/aromatic N) is 2. The molecule has 0 rings (SSSR count). The minimum atomic E-state index is -1.41. The van der Waals surface area contributed by atoms with Gasteiger partial charge in [-0.2, -0.15) is 0 Å². The predicted octanol–water partition coefficient (Wildman–Crippen LogP) is -0.876. The smallest absolute Gasteiger partial charge is 0.326 e. The van der Waals surface area contributed by atoms with Crippen LogP contribution in [-0.4, -0.2) is 128 Å². The molecular weight excluding hydrogens is 536 g/mol. The molecule has 0 fully saturated rings. The number of aliphatic carboxylic acids is 5. The van der Waals surface area contributed by atoms with Gasteiger partial charge in [-0.1, -0.05) is 13.3 Å². The molecule has 16 nitrogen and oxygen atoms in total. The SMILES string of the molecule is CCCC(=O)NCCCC[C@H](NC(=O)[C@H](CCCCN(CC(=O)O)CC(=O)O)N(CC(=O)O)CC(=O)O)C(=O)O. The normalized spacial score (nSPS) is 12.5. The van der Waals surface area contributed by atoms with Crippen molar-refractivity contribution in [2.24, 2.45) is 0 Å². The van der Waals surface area contributed by atoms with Gasteiger partial charge >= 0.3 is 29.8 Å². The fourth-order valence-corrected chi connectivity index (χ4v) is 3.91. The third-order valence-electron chi connectivity index (χ3n) is 5.67. The summed E-state index contributed by atoms with van der Waals surface area (Å²) in [7, 11) is 0. The maximum Gasteiger partial charge on any atom is 0.326 e. The first-order chi connectivity index (χ1) is 18.8. The van der Waals surface area contributed by atoms with E-state index in [0.717, 1.165) is 9.80 Å². The summed E-state index contributed by atoms with van der Waals surface area (Å²) in [5.41, 5.74) is 0. The van der Waals surface area contributed by atoms with E-state index in [0.29, 0.717) is 32.2 Å². The van der Waals surface area contributed by atoms with Gasteiger partial charge < -0.3 is 36.2 Å². The van der Waals surface area contributed by atoms with Crippen molar-refractivity contribution in [1.29, 1.82) is 0 Å². The van der Waals surface area contributed by atoms with Gasteiger partial charge in [0.15, 0.2) is 0 Å². The van der Waals surface area contributed by atoms with E-state index < -0.39 is 74.0 Å². The standard InChI is InChI=1S/C24H40N4O12/c1-2-7-18(29)25-10-5-3-8-16(24(39)40)26-23(38)17(28(14-21(34)35)15-22(36)37)9-4-6-11-27(12-19(30)31)13-20(32)33/h16-17H,2-15H2,1H3,(H,25,29)(H,26,38)(H,30,31)(H,32,33)(H,34,35)(H,36,37)(H,39,40)/t16-,17-/m0/s1. The second-order valence-corrected chi connectivity index (χ2v) is 9.20. The average molecular weight is 577 g/mol. The van der Waals surface area contributed by atoms with Crippen LogP contribution in [0.25, 0.3) is 0 Å². The van der Waals surface area contributed by atoms with Gasteiger partial charge in [-0.15, -0.1) is 0 Å². The molecule has 0 aromatic heterocycles. The van der Waals surface area contributed by atoms with E-state index in [-0.39, 0.29) is 38.1 Å². The first-order valence-electron chi connectivity index (χ1n) is 12.9. The number of carboxylic acids is 5. The van der Waals surface area contributed by atoms with Gasteiger partial charge in [-0.25, -0.2) is 4.79 Å². The molecule has 7 N–H and O–H groups in total. The van der Waals surface area contributed by atoms with Crippen LogP contribution >= 0.6 is 0 Å². The highest BCUT2D eigenvalue weighted by molar-refractivity contribution is 5.88. The van der Waals surface area contributed by atoms with Crippen molar-refractivity contribution in [3.05, 3.63) is 0 Å². The molecule has 0 aromatic carbocycles.